The minimum absolute atomic E-state index is 0.260. The Morgan fingerprint density at radius 1 is 1.30 bits per heavy atom. The Morgan fingerprint density at radius 2 is 1.95 bits per heavy atom. The van der Waals surface area contributed by atoms with Gasteiger partial charge in [0.25, 0.3) is 0 Å². The van der Waals surface area contributed by atoms with Crippen LogP contribution in [0, 0.1) is 0 Å². The molecule has 0 radical (unpaired) electrons. The van der Waals surface area contributed by atoms with Crippen LogP contribution in [0.2, 0.25) is 0 Å². The van der Waals surface area contributed by atoms with Crippen LogP contribution in [0.4, 0.5) is 5.82 Å². The van der Waals surface area contributed by atoms with Gasteiger partial charge in [-0.2, -0.15) is 0 Å². The number of hydrogen-bond donors (Lipinski definition) is 1. The Kier molecular flexibility index (Phi) is 5.00. The maximum atomic E-state index is 5.81. The van der Waals surface area contributed by atoms with Crippen molar-refractivity contribution >= 4 is 5.82 Å². The van der Waals surface area contributed by atoms with E-state index in [9.17, 15) is 0 Å². The van der Waals surface area contributed by atoms with Crippen LogP contribution in [0.1, 0.15) is 44.9 Å². The predicted octanol–water partition coefficient (Wildman–Crippen LogP) is 2.54. The van der Waals surface area contributed by atoms with Crippen molar-refractivity contribution in [1.29, 1.82) is 0 Å². The zero-order chi connectivity index (χ0) is 14.7. The highest BCUT2D eigenvalue weighted by molar-refractivity contribution is 5.44. The number of aromatic nitrogens is 1. The highest BCUT2D eigenvalue weighted by atomic mass is 16.5. The van der Waals surface area contributed by atoms with Gasteiger partial charge in [-0.05, 0) is 44.5 Å². The van der Waals surface area contributed by atoms with Crippen LogP contribution in [0.5, 0.6) is 0 Å². The Hall–Kier alpha value is -1.13. The molecule has 0 aromatic carbocycles. The smallest absolute Gasteiger partial charge is 0.129 e. The number of nitrogens with one attached hydrogen (secondary N) is 1. The number of ether oxygens (including phenoxy) is 1. The number of morpholine rings is 1. The van der Waals surface area contributed by atoms with Gasteiger partial charge in [-0.15, -0.1) is 0 Å². The Labute approximate surface area is 122 Å². The molecular weight excluding hydrogens is 250 g/mol. The fourth-order valence-corrected chi connectivity index (χ4v) is 2.72. The third-order valence-electron chi connectivity index (χ3n) is 3.61. The molecule has 2 atom stereocenters. The first-order valence-electron chi connectivity index (χ1n) is 7.55. The molecule has 1 saturated heterocycles. The fourth-order valence-electron chi connectivity index (χ4n) is 2.72. The Morgan fingerprint density at radius 3 is 2.50 bits per heavy atom. The molecule has 2 rings (SSSR count). The summed E-state index contributed by atoms with van der Waals surface area (Å²) in [4.78, 5) is 7.20. The second-order valence-corrected chi connectivity index (χ2v) is 6.11. The Bertz CT molecular complexity index is 437. The minimum Gasteiger partial charge on any atom is -0.372 e. The van der Waals surface area contributed by atoms with E-state index >= 15 is 0 Å². The third-order valence-corrected chi connectivity index (χ3v) is 3.61. The minimum atomic E-state index is 0.260. The summed E-state index contributed by atoms with van der Waals surface area (Å²) in [5, 5.41) is 3.23. The first-order chi connectivity index (χ1) is 9.49. The average molecular weight is 277 g/mol. The molecule has 0 spiro atoms. The summed E-state index contributed by atoms with van der Waals surface area (Å²) in [6.45, 7) is 11.4. The zero-order valence-corrected chi connectivity index (χ0v) is 13.3. The maximum absolute atomic E-state index is 5.81. The standard InChI is InChI=1S/C16H27N3O/c1-11(2)15-6-14(8-17-5)7-16(18-15)19-9-12(3)20-13(4)10-19/h6-7,11-13,17H,8-10H2,1-5H3. The van der Waals surface area contributed by atoms with Gasteiger partial charge in [0.1, 0.15) is 5.82 Å². The summed E-state index contributed by atoms with van der Waals surface area (Å²) in [5.41, 5.74) is 2.47. The quantitative estimate of drug-likeness (QED) is 0.918. The van der Waals surface area contributed by atoms with Crippen molar-refractivity contribution in [2.24, 2.45) is 0 Å². The lowest BCUT2D eigenvalue weighted by Gasteiger charge is -2.36. The summed E-state index contributed by atoms with van der Waals surface area (Å²) in [5.74, 6) is 1.53. The molecule has 1 aromatic rings. The van der Waals surface area contributed by atoms with Gasteiger partial charge in [-0.3, -0.25) is 0 Å². The van der Waals surface area contributed by atoms with E-state index in [0.29, 0.717) is 5.92 Å². The van der Waals surface area contributed by atoms with Crippen LogP contribution >= 0.6 is 0 Å². The van der Waals surface area contributed by atoms with E-state index in [1.165, 1.54) is 11.3 Å². The highest BCUT2D eigenvalue weighted by Crippen LogP contribution is 2.23. The maximum Gasteiger partial charge on any atom is 0.129 e. The SMILES string of the molecule is CNCc1cc(C(C)C)nc(N2CC(C)OC(C)C2)c1. The van der Waals surface area contributed by atoms with Gasteiger partial charge in [0.2, 0.25) is 0 Å². The van der Waals surface area contributed by atoms with Crippen molar-refractivity contribution in [2.75, 3.05) is 25.0 Å². The lowest BCUT2D eigenvalue weighted by Crippen LogP contribution is -2.46. The lowest BCUT2D eigenvalue weighted by molar-refractivity contribution is -0.00547. The van der Waals surface area contributed by atoms with E-state index < -0.39 is 0 Å². The molecule has 1 N–H and O–H groups in total. The summed E-state index contributed by atoms with van der Waals surface area (Å²) in [6.07, 6.45) is 0.520. The monoisotopic (exact) mass is 277 g/mol. The van der Waals surface area contributed by atoms with Crippen molar-refractivity contribution in [1.82, 2.24) is 10.3 Å². The summed E-state index contributed by atoms with van der Waals surface area (Å²) in [7, 11) is 1.98. The summed E-state index contributed by atoms with van der Waals surface area (Å²) in [6, 6.07) is 4.41. The van der Waals surface area contributed by atoms with Crippen LogP contribution in [0.3, 0.4) is 0 Å². The molecule has 2 unspecified atom stereocenters. The van der Waals surface area contributed by atoms with Crippen LogP contribution in [-0.2, 0) is 11.3 Å². The van der Waals surface area contributed by atoms with Crippen LogP contribution in [0.15, 0.2) is 12.1 Å². The number of rotatable bonds is 4. The summed E-state index contributed by atoms with van der Waals surface area (Å²) >= 11 is 0. The molecular formula is C16H27N3O. The largest absolute Gasteiger partial charge is 0.372 e. The first kappa shape index (κ1) is 15.3. The molecule has 4 heteroatoms. The van der Waals surface area contributed by atoms with Gasteiger partial charge in [0.15, 0.2) is 0 Å². The molecule has 1 aliphatic heterocycles. The van der Waals surface area contributed by atoms with E-state index in [1.54, 1.807) is 0 Å². The second kappa shape index (κ2) is 6.55. The van der Waals surface area contributed by atoms with E-state index in [0.717, 1.165) is 25.5 Å². The molecule has 1 fully saturated rings. The number of nitrogens with zero attached hydrogens (tertiary/aromatic N) is 2. The Balaban J connectivity index is 2.29. The molecule has 4 nitrogen and oxygen atoms in total. The van der Waals surface area contributed by atoms with Gasteiger partial charge < -0.3 is 15.0 Å². The van der Waals surface area contributed by atoms with E-state index in [4.69, 9.17) is 9.72 Å². The predicted molar refractivity (Wildman–Crippen MR) is 83.3 cm³/mol. The summed E-state index contributed by atoms with van der Waals surface area (Å²) < 4.78 is 5.81. The van der Waals surface area contributed by atoms with Gasteiger partial charge in [0, 0.05) is 25.3 Å². The second-order valence-electron chi connectivity index (χ2n) is 6.11. The molecule has 20 heavy (non-hydrogen) atoms. The van der Waals surface area contributed by atoms with Crippen molar-refractivity contribution in [3.63, 3.8) is 0 Å². The molecule has 2 heterocycles. The molecule has 1 aliphatic rings. The molecule has 1 aromatic heterocycles. The van der Waals surface area contributed by atoms with Crippen molar-refractivity contribution in [3.05, 3.63) is 23.4 Å². The highest BCUT2D eigenvalue weighted by Gasteiger charge is 2.23. The van der Waals surface area contributed by atoms with Gasteiger partial charge in [0.05, 0.1) is 12.2 Å². The van der Waals surface area contributed by atoms with Crippen LogP contribution in [-0.4, -0.2) is 37.3 Å². The van der Waals surface area contributed by atoms with Gasteiger partial charge in [-0.1, -0.05) is 13.8 Å². The number of pyridine rings is 1. The van der Waals surface area contributed by atoms with Crippen molar-refractivity contribution in [2.45, 2.75) is 52.4 Å². The van der Waals surface area contributed by atoms with E-state index in [2.05, 4.69) is 50.0 Å². The normalized spacial score (nSPS) is 23.4. The topological polar surface area (TPSA) is 37.4 Å². The molecule has 112 valence electrons. The third kappa shape index (κ3) is 3.70. The first-order valence-corrected chi connectivity index (χ1v) is 7.55. The molecule has 0 bridgehead atoms. The fraction of sp³-hybridized carbons (Fsp3) is 0.688. The number of anilines is 1. The average Bonchev–Trinajstić information content (AvgIpc) is 2.37. The van der Waals surface area contributed by atoms with Crippen molar-refractivity contribution in [3.8, 4) is 0 Å². The lowest BCUT2D eigenvalue weighted by atomic mass is 10.1. The molecule has 0 aliphatic carbocycles. The van der Waals surface area contributed by atoms with Gasteiger partial charge >= 0.3 is 0 Å². The van der Waals surface area contributed by atoms with Gasteiger partial charge in [-0.25, -0.2) is 4.98 Å². The van der Waals surface area contributed by atoms with Crippen molar-refractivity contribution < 1.29 is 4.74 Å². The molecule has 0 amide bonds. The zero-order valence-electron chi connectivity index (χ0n) is 13.3. The molecule has 0 saturated carbocycles. The van der Waals surface area contributed by atoms with E-state index in [1.807, 2.05) is 7.05 Å². The van der Waals surface area contributed by atoms with E-state index in [-0.39, 0.29) is 12.2 Å². The number of hydrogen-bond acceptors (Lipinski definition) is 4. The van der Waals surface area contributed by atoms with Crippen LogP contribution < -0.4 is 10.2 Å². The van der Waals surface area contributed by atoms with Crippen LogP contribution in [0.25, 0.3) is 0 Å².